The Morgan fingerprint density at radius 3 is 2.81 bits per heavy atom. The van der Waals surface area contributed by atoms with Gasteiger partial charge in [0.15, 0.2) is 5.13 Å². The molecule has 0 bridgehead atoms. The van der Waals surface area contributed by atoms with E-state index in [0.29, 0.717) is 5.13 Å². The van der Waals surface area contributed by atoms with Gasteiger partial charge in [-0.3, -0.25) is 10.1 Å². The maximum absolute atomic E-state index is 12.2. The van der Waals surface area contributed by atoms with Gasteiger partial charge in [0.2, 0.25) is 5.91 Å². The van der Waals surface area contributed by atoms with E-state index in [9.17, 15) is 4.79 Å². The third kappa shape index (κ3) is 4.80. The van der Waals surface area contributed by atoms with E-state index in [4.69, 9.17) is 4.74 Å². The third-order valence-corrected chi connectivity index (χ3v) is 4.72. The lowest BCUT2D eigenvalue weighted by molar-refractivity contribution is -0.111. The molecule has 1 N–H and O–H groups in total. The van der Waals surface area contributed by atoms with E-state index in [-0.39, 0.29) is 5.91 Å². The van der Waals surface area contributed by atoms with Gasteiger partial charge in [-0.1, -0.05) is 42.0 Å². The van der Waals surface area contributed by atoms with E-state index in [1.165, 1.54) is 23.0 Å². The molecule has 1 amide bonds. The summed E-state index contributed by atoms with van der Waals surface area (Å²) in [6, 6.07) is 16.0. The number of ether oxygens (including phenoxy) is 1. The summed E-state index contributed by atoms with van der Waals surface area (Å²) in [6.07, 6.45) is 5.86. The van der Waals surface area contributed by atoms with Crippen LogP contribution >= 0.6 is 11.3 Å². The van der Waals surface area contributed by atoms with Crippen molar-refractivity contribution in [1.29, 1.82) is 0 Å². The van der Waals surface area contributed by atoms with Crippen molar-refractivity contribution in [1.82, 2.24) is 4.98 Å². The molecule has 0 unspecified atom stereocenters. The lowest BCUT2D eigenvalue weighted by Crippen LogP contribution is -2.07. The molecule has 0 fully saturated rings. The van der Waals surface area contributed by atoms with Crippen molar-refractivity contribution in [2.75, 3.05) is 12.4 Å². The van der Waals surface area contributed by atoms with Crippen LogP contribution in [0.4, 0.5) is 5.13 Å². The van der Waals surface area contributed by atoms with Crippen LogP contribution in [0.1, 0.15) is 21.6 Å². The maximum Gasteiger partial charge on any atom is 0.250 e. The summed E-state index contributed by atoms with van der Waals surface area (Å²) < 4.78 is 5.32. The van der Waals surface area contributed by atoms with Gasteiger partial charge in [0, 0.05) is 29.1 Å². The normalized spacial score (nSPS) is 10.8. The number of methoxy groups -OCH3 is 1. The predicted octanol–water partition coefficient (Wildman–Crippen LogP) is 4.70. The number of benzene rings is 2. The lowest BCUT2D eigenvalue weighted by Gasteiger charge is -2.05. The Balaban J connectivity index is 1.63. The summed E-state index contributed by atoms with van der Waals surface area (Å²) in [5.41, 5.74) is 3.20. The highest BCUT2D eigenvalue weighted by molar-refractivity contribution is 7.15. The molecule has 132 valence electrons. The molecule has 26 heavy (non-hydrogen) atoms. The van der Waals surface area contributed by atoms with Gasteiger partial charge in [0.25, 0.3) is 0 Å². The number of thiazole rings is 1. The number of anilines is 1. The quantitative estimate of drug-likeness (QED) is 0.645. The topological polar surface area (TPSA) is 51.2 Å². The van der Waals surface area contributed by atoms with Gasteiger partial charge in [0.05, 0.1) is 7.11 Å². The second kappa shape index (κ2) is 8.45. The van der Waals surface area contributed by atoms with Crippen molar-refractivity contribution in [3.05, 3.63) is 82.4 Å². The fourth-order valence-corrected chi connectivity index (χ4v) is 3.39. The minimum atomic E-state index is -0.214. The fourth-order valence-electron chi connectivity index (χ4n) is 2.54. The van der Waals surface area contributed by atoms with E-state index < -0.39 is 0 Å². The minimum absolute atomic E-state index is 0.214. The zero-order chi connectivity index (χ0) is 18.4. The number of nitrogens with one attached hydrogen (secondary N) is 1. The average Bonchev–Trinajstić information content (AvgIpc) is 3.07. The number of amides is 1. The molecular formula is C21H20N2O2S. The number of hydrogen-bond acceptors (Lipinski definition) is 4. The van der Waals surface area contributed by atoms with Gasteiger partial charge in [-0.2, -0.15) is 0 Å². The fraction of sp³-hybridized carbons (Fsp3) is 0.143. The monoisotopic (exact) mass is 364 g/mol. The highest BCUT2D eigenvalue weighted by Crippen LogP contribution is 2.22. The van der Waals surface area contributed by atoms with Crippen LogP contribution in [0.5, 0.6) is 5.75 Å². The van der Waals surface area contributed by atoms with Gasteiger partial charge in [-0.25, -0.2) is 4.98 Å². The molecule has 0 aliphatic rings. The maximum atomic E-state index is 12.2. The molecule has 1 aromatic heterocycles. The van der Waals surface area contributed by atoms with Crippen LogP contribution in [0.2, 0.25) is 0 Å². The number of carbonyl (C=O) groups is 1. The number of carbonyl (C=O) groups excluding carboxylic acids is 1. The summed E-state index contributed by atoms with van der Waals surface area (Å²) in [5, 5.41) is 3.41. The molecule has 0 spiro atoms. The van der Waals surface area contributed by atoms with Crippen molar-refractivity contribution in [3.8, 4) is 5.75 Å². The smallest absolute Gasteiger partial charge is 0.250 e. The Labute approximate surface area is 157 Å². The molecule has 0 atom stereocenters. The summed E-state index contributed by atoms with van der Waals surface area (Å²) in [6.45, 7) is 2.00. The van der Waals surface area contributed by atoms with E-state index in [1.54, 1.807) is 19.4 Å². The Morgan fingerprint density at radius 2 is 2.04 bits per heavy atom. The first kappa shape index (κ1) is 17.9. The van der Waals surface area contributed by atoms with Crippen molar-refractivity contribution in [2.45, 2.75) is 13.3 Å². The second-order valence-electron chi connectivity index (χ2n) is 5.86. The molecule has 0 saturated heterocycles. The average molecular weight is 364 g/mol. The standard InChI is InChI=1S/C21H20N2O2S/c1-15-8-10-19(25-2)17(12-15)9-11-20(24)23-21-22-14-18(26-21)13-16-6-4-3-5-7-16/h3-12,14H,13H2,1-2H3,(H,22,23,24)/b11-9+. The summed E-state index contributed by atoms with van der Waals surface area (Å²) in [5.74, 6) is 0.521. The van der Waals surface area contributed by atoms with Crippen LogP contribution in [-0.2, 0) is 11.2 Å². The van der Waals surface area contributed by atoms with Crippen molar-refractivity contribution >= 4 is 28.5 Å². The van der Waals surface area contributed by atoms with Gasteiger partial charge < -0.3 is 4.74 Å². The van der Waals surface area contributed by atoms with Crippen molar-refractivity contribution in [3.63, 3.8) is 0 Å². The van der Waals surface area contributed by atoms with Gasteiger partial charge in [-0.05, 0) is 30.7 Å². The molecular weight excluding hydrogens is 344 g/mol. The Hall–Kier alpha value is -2.92. The van der Waals surface area contributed by atoms with Crippen LogP contribution in [0.25, 0.3) is 6.08 Å². The van der Waals surface area contributed by atoms with Gasteiger partial charge >= 0.3 is 0 Å². The summed E-state index contributed by atoms with van der Waals surface area (Å²) in [7, 11) is 1.62. The Bertz CT molecular complexity index is 917. The molecule has 4 nitrogen and oxygen atoms in total. The van der Waals surface area contributed by atoms with Crippen molar-refractivity contribution in [2.24, 2.45) is 0 Å². The van der Waals surface area contributed by atoms with E-state index in [0.717, 1.165) is 28.2 Å². The zero-order valence-electron chi connectivity index (χ0n) is 14.7. The minimum Gasteiger partial charge on any atom is -0.496 e. The van der Waals surface area contributed by atoms with Crippen molar-refractivity contribution < 1.29 is 9.53 Å². The lowest BCUT2D eigenvalue weighted by atomic mass is 10.1. The van der Waals surface area contributed by atoms with Crippen LogP contribution in [0, 0.1) is 6.92 Å². The molecule has 0 aliphatic heterocycles. The molecule has 0 radical (unpaired) electrons. The summed E-state index contributed by atoms with van der Waals surface area (Å²) in [4.78, 5) is 17.6. The predicted molar refractivity (Wildman–Crippen MR) is 107 cm³/mol. The highest BCUT2D eigenvalue weighted by Gasteiger charge is 2.06. The molecule has 3 aromatic rings. The number of aromatic nitrogens is 1. The number of rotatable bonds is 6. The molecule has 3 rings (SSSR count). The SMILES string of the molecule is COc1ccc(C)cc1/C=C/C(=O)Nc1ncc(Cc2ccccc2)s1. The van der Waals surface area contributed by atoms with Crippen LogP contribution < -0.4 is 10.1 Å². The number of nitrogens with zero attached hydrogens (tertiary/aromatic N) is 1. The van der Waals surface area contributed by atoms with Crippen LogP contribution in [0.3, 0.4) is 0 Å². The largest absolute Gasteiger partial charge is 0.496 e. The van der Waals surface area contributed by atoms with Crippen LogP contribution in [-0.4, -0.2) is 18.0 Å². The van der Waals surface area contributed by atoms with Crippen LogP contribution in [0.15, 0.2) is 60.8 Å². The molecule has 0 aliphatic carbocycles. The zero-order valence-corrected chi connectivity index (χ0v) is 15.5. The number of hydrogen-bond donors (Lipinski definition) is 1. The molecule has 0 saturated carbocycles. The molecule has 1 heterocycles. The van der Waals surface area contributed by atoms with E-state index in [1.807, 2.05) is 43.3 Å². The van der Waals surface area contributed by atoms with E-state index in [2.05, 4.69) is 22.4 Å². The molecule has 5 heteroatoms. The first-order valence-electron chi connectivity index (χ1n) is 8.26. The third-order valence-electron chi connectivity index (χ3n) is 3.80. The first-order chi connectivity index (χ1) is 12.6. The summed E-state index contributed by atoms with van der Waals surface area (Å²) >= 11 is 1.49. The second-order valence-corrected chi connectivity index (χ2v) is 6.98. The number of aryl methyl sites for hydroxylation is 1. The van der Waals surface area contributed by atoms with E-state index >= 15 is 0 Å². The first-order valence-corrected chi connectivity index (χ1v) is 9.08. The molecule has 2 aromatic carbocycles. The van der Waals surface area contributed by atoms with Gasteiger partial charge in [0.1, 0.15) is 5.75 Å². The van der Waals surface area contributed by atoms with Gasteiger partial charge in [-0.15, -0.1) is 11.3 Å². The highest BCUT2D eigenvalue weighted by atomic mass is 32.1. The Morgan fingerprint density at radius 1 is 1.23 bits per heavy atom. The Kier molecular flexibility index (Phi) is 5.81.